The molecule has 4 heteroatoms. The second-order valence-corrected chi connectivity index (χ2v) is 6.85. The van der Waals surface area contributed by atoms with E-state index in [1.54, 1.807) is 6.07 Å². The molecular weight excluding hydrogens is 284 g/mol. The maximum Gasteiger partial charge on any atom is 0.254 e. The van der Waals surface area contributed by atoms with Crippen molar-refractivity contribution < 1.29 is 4.79 Å². The van der Waals surface area contributed by atoms with E-state index in [-0.39, 0.29) is 5.91 Å². The Morgan fingerprint density at radius 2 is 1.90 bits per heavy atom. The van der Waals surface area contributed by atoms with E-state index in [0.29, 0.717) is 16.1 Å². The number of carbonyl (C=O) groups is 1. The number of pyridine rings is 1. The van der Waals surface area contributed by atoms with Crippen molar-refractivity contribution in [1.29, 1.82) is 0 Å². The number of likely N-dealkylation sites (tertiary alicyclic amines) is 1. The largest absolute Gasteiger partial charge is 0.339 e. The summed E-state index contributed by atoms with van der Waals surface area (Å²) in [5, 5.41) is 1.24. The van der Waals surface area contributed by atoms with Crippen molar-refractivity contribution >= 4 is 28.4 Å². The first-order valence-electron chi connectivity index (χ1n) is 7.31. The number of hydrogen-bond donors (Lipinski definition) is 0. The van der Waals surface area contributed by atoms with Crippen LogP contribution in [0, 0.1) is 5.41 Å². The smallest absolute Gasteiger partial charge is 0.254 e. The van der Waals surface area contributed by atoms with Gasteiger partial charge in [-0.1, -0.05) is 43.6 Å². The third-order valence-corrected chi connectivity index (χ3v) is 4.51. The minimum absolute atomic E-state index is 0.0611. The number of halogens is 1. The molecule has 1 aliphatic heterocycles. The fraction of sp³-hybridized carbons (Fsp3) is 0.412. The van der Waals surface area contributed by atoms with Gasteiger partial charge in [0.15, 0.2) is 0 Å². The predicted octanol–water partition coefficient (Wildman–Crippen LogP) is 4.15. The van der Waals surface area contributed by atoms with E-state index in [1.807, 2.05) is 29.2 Å². The molecule has 0 spiro atoms. The van der Waals surface area contributed by atoms with Gasteiger partial charge in [-0.05, 0) is 30.4 Å². The number of para-hydroxylation sites is 1. The van der Waals surface area contributed by atoms with E-state index in [2.05, 4.69) is 18.8 Å². The second-order valence-electron chi connectivity index (χ2n) is 6.47. The third-order valence-electron chi connectivity index (χ3n) is 4.32. The summed E-state index contributed by atoms with van der Waals surface area (Å²) in [5.74, 6) is 0.0611. The molecule has 0 N–H and O–H groups in total. The van der Waals surface area contributed by atoms with E-state index in [0.717, 1.165) is 36.8 Å². The van der Waals surface area contributed by atoms with Crippen LogP contribution in [0.5, 0.6) is 0 Å². The fourth-order valence-electron chi connectivity index (χ4n) is 2.81. The summed E-state index contributed by atoms with van der Waals surface area (Å²) in [6.45, 7) is 6.13. The fourth-order valence-corrected chi connectivity index (χ4v) is 3.01. The number of piperidine rings is 1. The number of amides is 1. The zero-order valence-electron chi connectivity index (χ0n) is 12.4. The first kappa shape index (κ1) is 14.3. The van der Waals surface area contributed by atoms with Gasteiger partial charge in [-0.25, -0.2) is 4.98 Å². The summed E-state index contributed by atoms with van der Waals surface area (Å²) in [5.41, 5.74) is 1.75. The van der Waals surface area contributed by atoms with Gasteiger partial charge >= 0.3 is 0 Å². The average molecular weight is 303 g/mol. The van der Waals surface area contributed by atoms with Crippen molar-refractivity contribution in [2.75, 3.05) is 13.1 Å². The lowest BCUT2D eigenvalue weighted by Crippen LogP contribution is -2.41. The molecule has 1 aromatic carbocycles. The molecule has 1 saturated heterocycles. The molecule has 1 fully saturated rings. The Morgan fingerprint density at radius 3 is 2.62 bits per heavy atom. The quantitative estimate of drug-likeness (QED) is 0.741. The number of benzene rings is 1. The van der Waals surface area contributed by atoms with Crippen molar-refractivity contribution in [2.45, 2.75) is 26.7 Å². The molecule has 0 aliphatic carbocycles. The zero-order valence-corrected chi connectivity index (χ0v) is 13.2. The summed E-state index contributed by atoms with van der Waals surface area (Å²) >= 11 is 6.07. The summed E-state index contributed by atoms with van der Waals surface area (Å²) in [6.07, 6.45) is 2.07. The second kappa shape index (κ2) is 5.30. The van der Waals surface area contributed by atoms with Crippen LogP contribution < -0.4 is 0 Å². The number of aromatic nitrogens is 1. The molecule has 0 radical (unpaired) electrons. The van der Waals surface area contributed by atoms with Crippen molar-refractivity contribution in [3.63, 3.8) is 0 Å². The lowest BCUT2D eigenvalue weighted by Gasteiger charge is -2.37. The van der Waals surface area contributed by atoms with Gasteiger partial charge in [0.2, 0.25) is 0 Å². The van der Waals surface area contributed by atoms with Gasteiger partial charge in [0.1, 0.15) is 5.15 Å². The zero-order chi connectivity index (χ0) is 15.0. The molecule has 0 atom stereocenters. The first-order valence-corrected chi connectivity index (χ1v) is 7.69. The Bertz CT molecular complexity index is 686. The number of rotatable bonds is 1. The van der Waals surface area contributed by atoms with Gasteiger partial charge in [-0.3, -0.25) is 4.79 Å². The van der Waals surface area contributed by atoms with E-state index >= 15 is 0 Å². The first-order chi connectivity index (χ1) is 9.96. The van der Waals surface area contributed by atoms with Crippen LogP contribution in [0.25, 0.3) is 10.9 Å². The van der Waals surface area contributed by atoms with E-state index in [9.17, 15) is 4.79 Å². The van der Waals surface area contributed by atoms with Gasteiger partial charge in [0, 0.05) is 18.5 Å². The average Bonchev–Trinajstić information content (AvgIpc) is 2.45. The Labute approximate surface area is 129 Å². The van der Waals surface area contributed by atoms with E-state index < -0.39 is 0 Å². The molecule has 1 aliphatic rings. The molecule has 21 heavy (non-hydrogen) atoms. The highest BCUT2D eigenvalue weighted by atomic mass is 35.5. The van der Waals surface area contributed by atoms with Gasteiger partial charge in [0.05, 0.1) is 11.1 Å². The number of nitrogens with zero attached hydrogens (tertiary/aromatic N) is 2. The van der Waals surface area contributed by atoms with Crippen LogP contribution in [0.15, 0.2) is 30.3 Å². The maximum atomic E-state index is 12.8. The molecule has 2 heterocycles. The van der Waals surface area contributed by atoms with Gasteiger partial charge in [-0.2, -0.15) is 0 Å². The van der Waals surface area contributed by atoms with Crippen LogP contribution in [0.1, 0.15) is 37.0 Å². The number of carbonyl (C=O) groups excluding carboxylic acids is 1. The Morgan fingerprint density at radius 1 is 1.24 bits per heavy atom. The maximum absolute atomic E-state index is 12.8. The molecule has 2 aromatic rings. The number of hydrogen-bond acceptors (Lipinski definition) is 2. The van der Waals surface area contributed by atoms with Crippen molar-refractivity contribution in [3.05, 3.63) is 41.0 Å². The van der Waals surface area contributed by atoms with Crippen molar-refractivity contribution in [3.8, 4) is 0 Å². The normalized spacial score (nSPS) is 18.0. The molecule has 0 bridgehead atoms. The molecule has 110 valence electrons. The van der Waals surface area contributed by atoms with Crippen LogP contribution in [0.4, 0.5) is 0 Å². The van der Waals surface area contributed by atoms with E-state index in [4.69, 9.17) is 11.6 Å². The van der Waals surface area contributed by atoms with Crippen LogP contribution in [0.2, 0.25) is 5.15 Å². The topological polar surface area (TPSA) is 33.2 Å². The highest BCUT2D eigenvalue weighted by Gasteiger charge is 2.29. The van der Waals surface area contributed by atoms with Crippen LogP contribution in [-0.4, -0.2) is 28.9 Å². The number of fused-ring (bicyclic) bond motifs is 1. The molecule has 0 saturated carbocycles. The lowest BCUT2D eigenvalue weighted by molar-refractivity contribution is 0.0632. The minimum Gasteiger partial charge on any atom is -0.339 e. The molecular formula is C17H19ClN2O. The molecule has 0 unspecified atom stereocenters. The Hall–Kier alpha value is -1.61. The third kappa shape index (κ3) is 2.88. The highest BCUT2D eigenvalue weighted by Crippen LogP contribution is 2.31. The summed E-state index contributed by atoms with van der Waals surface area (Å²) < 4.78 is 0. The van der Waals surface area contributed by atoms with Crippen molar-refractivity contribution in [1.82, 2.24) is 9.88 Å². The van der Waals surface area contributed by atoms with Gasteiger partial charge in [-0.15, -0.1) is 0 Å². The monoisotopic (exact) mass is 302 g/mol. The minimum atomic E-state index is 0.0611. The Balaban J connectivity index is 1.95. The summed E-state index contributed by atoms with van der Waals surface area (Å²) in [7, 11) is 0. The molecule has 3 rings (SSSR count). The predicted molar refractivity (Wildman–Crippen MR) is 85.7 cm³/mol. The van der Waals surface area contributed by atoms with Crippen LogP contribution in [0.3, 0.4) is 0 Å². The van der Waals surface area contributed by atoms with Crippen LogP contribution >= 0.6 is 11.6 Å². The van der Waals surface area contributed by atoms with Gasteiger partial charge in [0.25, 0.3) is 5.91 Å². The lowest BCUT2D eigenvalue weighted by atomic mass is 9.82. The Kier molecular flexibility index (Phi) is 3.62. The molecule has 3 nitrogen and oxygen atoms in total. The SMILES string of the molecule is CC1(C)CCN(C(=O)c2cc(Cl)nc3ccccc23)CC1. The summed E-state index contributed by atoms with van der Waals surface area (Å²) in [4.78, 5) is 19.0. The molecule has 1 aromatic heterocycles. The van der Waals surface area contributed by atoms with Crippen molar-refractivity contribution in [2.24, 2.45) is 5.41 Å². The highest BCUT2D eigenvalue weighted by molar-refractivity contribution is 6.30. The summed E-state index contributed by atoms with van der Waals surface area (Å²) in [6, 6.07) is 9.33. The van der Waals surface area contributed by atoms with E-state index in [1.165, 1.54) is 0 Å². The standard InChI is InChI=1S/C17H19ClN2O/c1-17(2)7-9-20(10-8-17)16(21)13-11-15(18)19-14-6-4-3-5-12(13)14/h3-6,11H,7-10H2,1-2H3. The molecule has 1 amide bonds. The van der Waals surface area contributed by atoms with Gasteiger partial charge < -0.3 is 4.90 Å². The van der Waals surface area contributed by atoms with Crippen LogP contribution in [-0.2, 0) is 0 Å².